The van der Waals surface area contributed by atoms with Crippen LogP contribution < -0.4 is 5.32 Å². The molecule has 2 heterocycles. The first kappa shape index (κ1) is 24.7. The number of nitrogens with zero attached hydrogens (tertiary/aromatic N) is 2. The van der Waals surface area contributed by atoms with E-state index in [9.17, 15) is 14.9 Å². The van der Waals surface area contributed by atoms with Gasteiger partial charge in [0.25, 0.3) is 0 Å². The Balaban J connectivity index is 1.95. The van der Waals surface area contributed by atoms with Crippen molar-refractivity contribution >= 4 is 68.4 Å². The van der Waals surface area contributed by atoms with E-state index in [-0.39, 0.29) is 22.6 Å². The molecule has 0 spiro atoms. The molecule has 0 bridgehead atoms. The van der Waals surface area contributed by atoms with Crippen LogP contribution in [0.2, 0.25) is 10.0 Å². The number of ether oxygens (including phenoxy) is 2. The average Bonchev–Trinajstić information content (AvgIpc) is 3.39. The quantitative estimate of drug-likeness (QED) is 0.282. The minimum Gasteiger partial charge on any atom is -0.465 e. The molecule has 0 radical (unpaired) electrons. The van der Waals surface area contributed by atoms with Gasteiger partial charge in [0, 0.05) is 22.2 Å². The Morgan fingerprint density at radius 1 is 1.30 bits per heavy atom. The number of allylic oxidation sites excluding steroid dienone is 1. The lowest BCUT2D eigenvalue weighted by Gasteiger charge is -2.05. The molecule has 0 amide bonds. The van der Waals surface area contributed by atoms with E-state index in [2.05, 4.69) is 16.4 Å². The van der Waals surface area contributed by atoms with Gasteiger partial charge >= 0.3 is 11.9 Å². The topological polar surface area (TPSA) is 101 Å². The first-order valence-electron chi connectivity index (χ1n) is 9.47. The highest BCUT2D eigenvalue weighted by atomic mass is 35.5. The highest BCUT2D eigenvalue weighted by Crippen LogP contribution is 2.36. The number of rotatable bonds is 7. The lowest BCUT2D eigenvalue weighted by molar-refractivity contribution is 0.0527. The van der Waals surface area contributed by atoms with Crippen molar-refractivity contribution in [2.45, 2.75) is 13.8 Å². The van der Waals surface area contributed by atoms with Crippen LogP contribution in [0, 0.1) is 18.3 Å². The molecule has 7 nitrogen and oxygen atoms in total. The number of hydrogen-bond acceptors (Lipinski definition) is 9. The maximum absolute atomic E-state index is 12.5. The second-order valence-corrected chi connectivity index (χ2v) is 9.17. The van der Waals surface area contributed by atoms with Crippen LogP contribution in [0.15, 0.2) is 29.8 Å². The van der Waals surface area contributed by atoms with Gasteiger partial charge in [-0.05, 0) is 37.6 Å². The largest absolute Gasteiger partial charge is 0.465 e. The van der Waals surface area contributed by atoms with Crippen molar-refractivity contribution < 1.29 is 19.1 Å². The van der Waals surface area contributed by atoms with Crippen molar-refractivity contribution in [3.05, 3.63) is 60.8 Å². The zero-order valence-electron chi connectivity index (χ0n) is 17.7. The van der Waals surface area contributed by atoms with E-state index in [1.807, 2.05) is 0 Å². The molecule has 3 rings (SSSR count). The van der Waals surface area contributed by atoms with Crippen LogP contribution in [-0.4, -0.2) is 30.6 Å². The fraction of sp³-hybridized carbons (Fsp3) is 0.182. The SMILES string of the molecule is CCOC(=O)c1c(NC=C(C#N)c2nc(-c3ccc(Cl)cc3Cl)cs2)sc(C(=O)OC)c1C. The first-order chi connectivity index (χ1) is 15.8. The van der Waals surface area contributed by atoms with E-state index in [4.69, 9.17) is 32.7 Å². The summed E-state index contributed by atoms with van der Waals surface area (Å²) in [5.74, 6) is -1.14. The monoisotopic (exact) mass is 521 g/mol. The van der Waals surface area contributed by atoms with E-state index in [0.717, 1.165) is 11.3 Å². The lowest BCUT2D eigenvalue weighted by atomic mass is 10.1. The van der Waals surface area contributed by atoms with Crippen LogP contribution in [-0.2, 0) is 9.47 Å². The number of aromatic nitrogens is 1. The molecule has 11 heteroatoms. The number of hydrogen-bond donors (Lipinski definition) is 1. The summed E-state index contributed by atoms with van der Waals surface area (Å²) in [4.78, 5) is 29.4. The summed E-state index contributed by atoms with van der Waals surface area (Å²) in [5.41, 5.74) is 2.17. The Bertz CT molecular complexity index is 1290. The molecule has 0 unspecified atom stereocenters. The molecule has 0 saturated heterocycles. The number of esters is 2. The Labute approximate surface area is 208 Å². The molecule has 3 aromatic rings. The molecule has 0 aliphatic rings. The summed E-state index contributed by atoms with van der Waals surface area (Å²) in [6.07, 6.45) is 1.43. The standard InChI is InChI=1S/C22H17Cl2N3O4S2/c1-4-31-21(28)17-11(2)18(22(29)30-3)33-20(17)26-9-12(8-25)19-27-16(10-32-19)14-6-5-13(23)7-15(14)24/h5-7,9-10,26H,4H2,1-3H3. The minimum absolute atomic E-state index is 0.176. The summed E-state index contributed by atoms with van der Waals surface area (Å²) in [6, 6.07) is 7.18. The van der Waals surface area contributed by atoms with E-state index >= 15 is 0 Å². The zero-order valence-corrected chi connectivity index (χ0v) is 20.8. The fourth-order valence-corrected chi connectivity index (χ4v) is 5.22. The summed E-state index contributed by atoms with van der Waals surface area (Å²) in [7, 11) is 1.26. The minimum atomic E-state index is -0.579. The van der Waals surface area contributed by atoms with Crippen LogP contribution >= 0.6 is 45.9 Å². The van der Waals surface area contributed by atoms with E-state index in [1.54, 1.807) is 37.4 Å². The molecule has 2 aromatic heterocycles. The molecule has 0 aliphatic carbocycles. The Hall–Kier alpha value is -2.90. The van der Waals surface area contributed by atoms with Gasteiger partial charge < -0.3 is 14.8 Å². The summed E-state index contributed by atoms with van der Waals surface area (Å²) in [6.45, 7) is 3.50. The van der Waals surface area contributed by atoms with Gasteiger partial charge in [-0.1, -0.05) is 23.2 Å². The Morgan fingerprint density at radius 3 is 2.70 bits per heavy atom. The van der Waals surface area contributed by atoms with Crippen LogP contribution in [0.5, 0.6) is 0 Å². The third kappa shape index (κ3) is 5.37. The van der Waals surface area contributed by atoms with E-state index < -0.39 is 11.9 Å². The number of nitrogens with one attached hydrogen (secondary N) is 1. The number of carbonyl (C=O) groups is 2. The highest BCUT2D eigenvalue weighted by molar-refractivity contribution is 7.18. The molecule has 1 aromatic carbocycles. The molecule has 0 aliphatic heterocycles. The number of thiazole rings is 1. The van der Waals surface area contributed by atoms with Crippen LogP contribution in [0.1, 0.15) is 37.5 Å². The molecular formula is C22H17Cl2N3O4S2. The van der Waals surface area contributed by atoms with Gasteiger partial charge in [-0.2, -0.15) is 5.26 Å². The second kappa shape index (κ2) is 10.8. The smallest absolute Gasteiger partial charge is 0.348 e. The number of methoxy groups -OCH3 is 1. The van der Waals surface area contributed by atoms with Gasteiger partial charge in [0.05, 0.1) is 30.0 Å². The molecule has 0 atom stereocenters. The van der Waals surface area contributed by atoms with Crippen molar-refractivity contribution in [3.63, 3.8) is 0 Å². The Kier molecular flexibility index (Phi) is 8.10. The molecule has 0 fully saturated rings. The van der Waals surface area contributed by atoms with E-state index in [1.165, 1.54) is 24.6 Å². The molecule has 1 N–H and O–H groups in total. The highest BCUT2D eigenvalue weighted by Gasteiger charge is 2.26. The molecule has 33 heavy (non-hydrogen) atoms. The van der Waals surface area contributed by atoms with Gasteiger partial charge in [0.2, 0.25) is 0 Å². The Morgan fingerprint density at radius 2 is 2.06 bits per heavy atom. The van der Waals surface area contributed by atoms with Crippen molar-refractivity contribution in [2.24, 2.45) is 0 Å². The summed E-state index contributed by atoms with van der Waals surface area (Å²) < 4.78 is 9.92. The van der Waals surface area contributed by atoms with E-state index in [0.29, 0.717) is 36.9 Å². The van der Waals surface area contributed by atoms with Gasteiger partial charge in [0.15, 0.2) is 0 Å². The lowest BCUT2D eigenvalue weighted by Crippen LogP contribution is -2.08. The second-order valence-electron chi connectivity index (χ2n) is 6.45. The molecule has 170 valence electrons. The molecular weight excluding hydrogens is 505 g/mol. The summed E-state index contributed by atoms with van der Waals surface area (Å²) in [5, 5.41) is 16.2. The number of carbonyl (C=O) groups excluding carboxylic acids is 2. The number of halogens is 2. The van der Waals surface area contributed by atoms with Gasteiger partial charge in [-0.15, -0.1) is 22.7 Å². The molecule has 0 saturated carbocycles. The fourth-order valence-electron chi connectivity index (χ4n) is 2.85. The maximum Gasteiger partial charge on any atom is 0.348 e. The average molecular weight is 522 g/mol. The number of anilines is 1. The normalized spacial score (nSPS) is 11.1. The van der Waals surface area contributed by atoms with Crippen molar-refractivity contribution in [1.29, 1.82) is 5.26 Å². The van der Waals surface area contributed by atoms with Gasteiger partial charge in [-0.25, -0.2) is 14.6 Å². The van der Waals surface area contributed by atoms with Crippen LogP contribution in [0.4, 0.5) is 5.00 Å². The number of benzene rings is 1. The van der Waals surface area contributed by atoms with Crippen molar-refractivity contribution in [3.8, 4) is 17.3 Å². The number of nitriles is 1. The van der Waals surface area contributed by atoms with Gasteiger partial charge in [-0.3, -0.25) is 0 Å². The van der Waals surface area contributed by atoms with Crippen molar-refractivity contribution in [1.82, 2.24) is 4.98 Å². The van der Waals surface area contributed by atoms with Crippen LogP contribution in [0.3, 0.4) is 0 Å². The zero-order chi connectivity index (χ0) is 24.1. The predicted octanol–water partition coefficient (Wildman–Crippen LogP) is 6.43. The van der Waals surface area contributed by atoms with Crippen LogP contribution in [0.25, 0.3) is 16.8 Å². The first-order valence-corrected chi connectivity index (χ1v) is 11.9. The summed E-state index contributed by atoms with van der Waals surface area (Å²) >= 11 is 14.5. The number of thiophene rings is 1. The van der Waals surface area contributed by atoms with Crippen molar-refractivity contribution in [2.75, 3.05) is 19.0 Å². The maximum atomic E-state index is 12.5. The van der Waals surface area contributed by atoms with Gasteiger partial charge in [0.1, 0.15) is 26.5 Å². The predicted molar refractivity (Wildman–Crippen MR) is 131 cm³/mol. The third-order valence-corrected chi connectivity index (χ3v) is 7.03. The third-order valence-electron chi connectivity index (χ3n) is 4.41.